The molecule has 0 aliphatic carbocycles. The van der Waals surface area contributed by atoms with Crippen LogP contribution in [-0.2, 0) is 6.42 Å². The van der Waals surface area contributed by atoms with Crippen molar-refractivity contribution in [3.8, 4) is 23.3 Å². The molecule has 8 N–H and O–H groups in total. The topological polar surface area (TPSA) is 164 Å². The van der Waals surface area contributed by atoms with Crippen LogP contribution in [0.5, 0.6) is 11.5 Å². The molecular weight excluding hydrogens is 586 g/mol. The molecule has 10 nitrogen and oxygen atoms in total. The van der Waals surface area contributed by atoms with Crippen molar-refractivity contribution < 1.29 is 39.9 Å². The van der Waals surface area contributed by atoms with Gasteiger partial charge < -0.3 is 50.4 Å². The number of unbranched alkanes of at least 4 members (excludes halogenated alkanes) is 4. The van der Waals surface area contributed by atoms with E-state index in [1.807, 2.05) is 48.5 Å². The number of rotatable bonds is 21. The lowest BCUT2D eigenvalue weighted by Gasteiger charge is -2.22. The predicted molar refractivity (Wildman–Crippen MR) is 186 cm³/mol. The summed E-state index contributed by atoms with van der Waals surface area (Å²) in [5.74, 6) is 7.19. The SMILES string of the molecule is CCCCCOc1ccc(C#C[C@H](O)[C@@H](CO)NB(C)O)cc1.CCCCCOc1ccc(CC[C@H](O)[C@@H](CO)NB(C)O)cc1. The maximum absolute atomic E-state index is 10.1. The molecule has 0 heterocycles. The molecule has 0 saturated heterocycles. The Morgan fingerprint density at radius 1 is 0.717 bits per heavy atom. The zero-order valence-electron chi connectivity index (χ0n) is 28.1. The quantitative estimate of drug-likeness (QED) is 0.0577. The van der Waals surface area contributed by atoms with E-state index >= 15 is 0 Å². The minimum Gasteiger partial charge on any atom is -0.494 e. The Hall–Kier alpha value is -2.59. The van der Waals surface area contributed by atoms with Gasteiger partial charge in [0.05, 0.1) is 38.6 Å². The molecule has 0 spiro atoms. The normalized spacial score (nSPS) is 13.3. The fourth-order valence-electron chi connectivity index (χ4n) is 4.39. The van der Waals surface area contributed by atoms with Crippen molar-refractivity contribution in [2.24, 2.45) is 0 Å². The van der Waals surface area contributed by atoms with Crippen LogP contribution in [0.1, 0.15) is 69.9 Å². The van der Waals surface area contributed by atoms with Gasteiger partial charge in [0.15, 0.2) is 0 Å². The van der Waals surface area contributed by atoms with Gasteiger partial charge in [-0.2, -0.15) is 0 Å². The summed E-state index contributed by atoms with van der Waals surface area (Å²) in [6.45, 7) is 8.33. The number of aryl methyl sites for hydroxylation is 1. The highest BCUT2D eigenvalue weighted by Gasteiger charge is 2.21. The summed E-state index contributed by atoms with van der Waals surface area (Å²) in [5.41, 5.74) is 1.86. The van der Waals surface area contributed by atoms with E-state index in [1.54, 1.807) is 6.82 Å². The van der Waals surface area contributed by atoms with Gasteiger partial charge >= 0.3 is 14.1 Å². The number of benzene rings is 2. The van der Waals surface area contributed by atoms with Crippen LogP contribution in [0.15, 0.2) is 48.5 Å². The minimum atomic E-state index is -1.07. The summed E-state index contributed by atoms with van der Waals surface area (Å²) >= 11 is 0. The van der Waals surface area contributed by atoms with Crippen LogP contribution in [0.25, 0.3) is 0 Å². The van der Waals surface area contributed by atoms with Crippen LogP contribution in [0.4, 0.5) is 0 Å². The van der Waals surface area contributed by atoms with E-state index in [4.69, 9.17) is 9.47 Å². The van der Waals surface area contributed by atoms with E-state index in [2.05, 4.69) is 36.1 Å². The van der Waals surface area contributed by atoms with Crippen LogP contribution >= 0.6 is 0 Å². The Balaban J connectivity index is 0.000000460. The molecule has 0 aliphatic rings. The van der Waals surface area contributed by atoms with Crippen LogP contribution < -0.4 is 19.9 Å². The van der Waals surface area contributed by atoms with Gasteiger partial charge in [0.25, 0.3) is 0 Å². The average molecular weight is 642 g/mol. The molecule has 0 aromatic heterocycles. The molecule has 0 radical (unpaired) electrons. The van der Waals surface area contributed by atoms with Gasteiger partial charge in [-0.05, 0) is 81.3 Å². The number of aliphatic hydroxyl groups excluding tert-OH is 4. The summed E-state index contributed by atoms with van der Waals surface area (Å²) in [7, 11) is -1.58. The lowest BCUT2D eigenvalue weighted by atomic mass is 9.86. The molecule has 0 fully saturated rings. The molecule has 12 heteroatoms. The summed E-state index contributed by atoms with van der Waals surface area (Å²) in [6, 6.07) is 14.0. The standard InChI is InChI=1S/C17H30BNO4.C17H26BNO4/c2*1-3-4-5-12-23-15-9-6-14(7-10-15)8-11-17(21)16(13-20)19-18(2)22/h6-7,9-10,16-17,19-22H,3-5,8,11-13H2,1-2H3;6-7,9-10,16-17,19-22H,3-5,12-13H2,1-2H3/t2*16-,17+/m11/s1. The van der Waals surface area contributed by atoms with E-state index in [1.165, 1.54) is 26.1 Å². The first-order chi connectivity index (χ1) is 22.1. The maximum atomic E-state index is 10.1. The van der Waals surface area contributed by atoms with E-state index < -0.39 is 38.4 Å². The molecule has 0 aliphatic heterocycles. The van der Waals surface area contributed by atoms with E-state index in [0.717, 1.165) is 48.5 Å². The molecular formula is C34H56B2N2O8. The fourth-order valence-corrected chi connectivity index (χ4v) is 4.39. The summed E-state index contributed by atoms with van der Waals surface area (Å²) < 4.78 is 11.3. The van der Waals surface area contributed by atoms with Gasteiger partial charge in [-0.25, -0.2) is 0 Å². The second-order valence-electron chi connectivity index (χ2n) is 11.4. The Labute approximate surface area is 276 Å². The number of hydrogen-bond acceptors (Lipinski definition) is 10. The number of hydrogen-bond donors (Lipinski definition) is 8. The average Bonchev–Trinajstić information content (AvgIpc) is 3.05. The second kappa shape index (κ2) is 25.5. The maximum Gasteiger partial charge on any atom is 0.374 e. The summed E-state index contributed by atoms with van der Waals surface area (Å²) in [5, 5.41) is 62.3. The van der Waals surface area contributed by atoms with Crippen LogP contribution in [0.2, 0.25) is 13.6 Å². The van der Waals surface area contributed by atoms with E-state index in [0.29, 0.717) is 19.4 Å². The monoisotopic (exact) mass is 642 g/mol. The summed E-state index contributed by atoms with van der Waals surface area (Å²) in [6.07, 6.45) is 6.25. The highest BCUT2D eigenvalue weighted by atomic mass is 16.5. The van der Waals surface area contributed by atoms with E-state index in [-0.39, 0.29) is 13.2 Å². The zero-order chi connectivity index (χ0) is 34.2. The van der Waals surface area contributed by atoms with Gasteiger partial charge in [0.1, 0.15) is 17.6 Å². The van der Waals surface area contributed by atoms with Gasteiger partial charge in [0, 0.05) is 11.6 Å². The third kappa shape index (κ3) is 19.2. The largest absolute Gasteiger partial charge is 0.494 e. The van der Waals surface area contributed by atoms with Crippen molar-refractivity contribution in [1.82, 2.24) is 10.5 Å². The Bertz CT molecular complexity index is 1080. The third-order valence-corrected chi connectivity index (χ3v) is 7.05. The first-order valence-corrected chi connectivity index (χ1v) is 16.6. The van der Waals surface area contributed by atoms with Crippen molar-refractivity contribution >= 4 is 14.1 Å². The fraction of sp³-hybridized carbons (Fsp3) is 0.588. The molecule has 2 aromatic carbocycles. The van der Waals surface area contributed by atoms with Crippen molar-refractivity contribution in [1.29, 1.82) is 0 Å². The smallest absolute Gasteiger partial charge is 0.374 e. The molecule has 2 rings (SSSR count). The highest BCUT2D eigenvalue weighted by Crippen LogP contribution is 2.16. The minimum absolute atomic E-state index is 0.212. The first kappa shape index (κ1) is 41.4. The number of ether oxygens (including phenoxy) is 2. The number of aliphatic hydroxyl groups is 4. The molecule has 2 aromatic rings. The molecule has 0 bridgehead atoms. The Morgan fingerprint density at radius 2 is 1.20 bits per heavy atom. The van der Waals surface area contributed by atoms with Crippen LogP contribution in [0, 0.1) is 11.8 Å². The van der Waals surface area contributed by atoms with Crippen molar-refractivity contribution in [2.75, 3.05) is 26.4 Å². The first-order valence-electron chi connectivity index (χ1n) is 16.6. The molecule has 0 saturated carbocycles. The van der Waals surface area contributed by atoms with Gasteiger partial charge in [-0.3, -0.25) is 0 Å². The number of nitrogens with one attached hydrogen (secondary N) is 2. The highest BCUT2D eigenvalue weighted by molar-refractivity contribution is 6.45. The van der Waals surface area contributed by atoms with Crippen molar-refractivity contribution in [3.63, 3.8) is 0 Å². The Morgan fingerprint density at radius 3 is 1.65 bits per heavy atom. The third-order valence-electron chi connectivity index (χ3n) is 7.05. The van der Waals surface area contributed by atoms with Gasteiger partial charge in [-0.1, -0.05) is 63.5 Å². The van der Waals surface area contributed by atoms with Crippen molar-refractivity contribution in [3.05, 3.63) is 59.7 Å². The zero-order valence-corrected chi connectivity index (χ0v) is 28.1. The van der Waals surface area contributed by atoms with Crippen LogP contribution in [0.3, 0.4) is 0 Å². The lowest BCUT2D eigenvalue weighted by Crippen LogP contribution is -2.49. The molecule has 256 valence electrons. The van der Waals surface area contributed by atoms with Gasteiger partial charge in [0.2, 0.25) is 0 Å². The lowest BCUT2D eigenvalue weighted by molar-refractivity contribution is 0.0919. The van der Waals surface area contributed by atoms with Crippen molar-refractivity contribution in [2.45, 2.75) is 103 Å². The van der Waals surface area contributed by atoms with Crippen LogP contribution in [-0.4, -0.2) is 95.3 Å². The predicted octanol–water partition coefficient (Wildman–Crippen LogP) is 2.64. The van der Waals surface area contributed by atoms with E-state index in [9.17, 15) is 30.5 Å². The summed E-state index contributed by atoms with van der Waals surface area (Å²) in [4.78, 5) is 0. The van der Waals surface area contributed by atoms with Gasteiger partial charge in [-0.15, -0.1) is 0 Å². The molecule has 0 unspecified atom stereocenters. The molecule has 46 heavy (non-hydrogen) atoms. The Kier molecular flexibility index (Phi) is 23.0. The molecule has 0 amide bonds. The molecule has 4 atom stereocenters. The second-order valence-corrected chi connectivity index (χ2v) is 11.4.